The summed E-state index contributed by atoms with van der Waals surface area (Å²) in [5.74, 6) is 0. The van der Waals surface area contributed by atoms with Crippen molar-refractivity contribution in [2.45, 2.75) is 12.8 Å². The minimum absolute atomic E-state index is 0.959. The Morgan fingerprint density at radius 3 is 1.24 bits per heavy atom. The SMILES string of the molecule is c1cc(-c2ccc(N3CCC3)cc2)c2ccc3c(-c4ccc(N5CCC5)cc4)ccnc3c2n1. The van der Waals surface area contributed by atoms with Crippen molar-refractivity contribution in [3.05, 3.63) is 85.2 Å². The van der Waals surface area contributed by atoms with E-state index in [1.165, 1.54) is 72.6 Å². The molecule has 0 amide bonds. The van der Waals surface area contributed by atoms with Crippen molar-refractivity contribution < 1.29 is 0 Å². The molecule has 0 saturated carbocycles. The number of nitrogens with zero attached hydrogens (tertiary/aromatic N) is 4. The van der Waals surface area contributed by atoms with Gasteiger partial charge in [-0.05, 0) is 71.5 Å². The highest BCUT2D eigenvalue weighted by molar-refractivity contribution is 6.11. The zero-order valence-corrected chi connectivity index (χ0v) is 19.1. The molecule has 0 radical (unpaired) electrons. The maximum atomic E-state index is 4.78. The standard InChI is InChI=1S/C30H26N4/c1-17-33(18-1)23-7-3-21(4-8-23)25-13-15-31-29-27(25)11-12-28-26(14-16-32-30(28)29)22-5-9-24(10-6-22)34-19-2-20-34/h3-16H,1-2,17-20H2. The molecule has 0 aliphatic carbocycles. The van der Waals surface area contributed by atoms with E-state index in [0.29, 0.717) is 0 Å². The first-order valence-corrected chi connectivity index (χ1v) is 12.2. The Kier molecular flexibility index (Phi) is 4.51. The zero-order chi connectivity index (χ0) is 22.5. The summed E-state index contributed by atoms with van der Waals surface area (Å²) < 4.78 is 0. The van der Waals surface area contributed by atoms with Crippen molar-refractivity contribution in [3.8, 4) is 22.3 Å². The van der Waals surface area contributed by atoms with Crippen LogP contribution in [-0.2, 0) is 0 Å². The van der Waals surface area contributed by atoms with E-state index >= 15 is 0 Å². The van der Waals surface area contributed by atoms with Crippen LogP contribution >= 0.6 is 0 Å². The van der Waals surface area contributed by atoms with E-state index in [9.17, 15) is 0 Å². The Morgan fingerprint density at radius 2 is 0.882 bits per heavy atom. The van der Waals surface area contributed by atoms with Crippen LogP contribution in [0.5, 0.6) is 0 Å². The number of pyridine rings is 2. The Morgan fingerprint density at radius 1 is 0.471 bits per heavy atom. The number of hydrogen-bond acceptors (Lipinski definition) is 4. The van der Waals surface area contributed by atoms with Gasteiger partial charge < -0.3 is 9.80 Å². The van der Waals surface area contributed by atoms with Gasteiger partial charge in [-0.2, -0.15) is 0 Å². The van der Waals surface area contributed by atoms with Crippen molar-refractivity contribution in [2.24, 2.45) is 0 Å². The number of fused-ring (bicyclic) bond motifs is 3. The number of rotatable bonds is 4. The lowest BCUT2D eigenvalue weighted by Gasteiger charge is -2.33. The molecule has 0 unspecified atom stereocenters. The van der Waals surface area contributed by atoms with Gasteiger partial charge in [0.15, 0.2) is 0 Å². The zero-order valence-electron chi connectivity index (χ0n) is 19.1. The maximum absolute atomic E-state index is 4.78. The molecule has 4 nitrogen and oxygen atoms in total. The van der Waals surface area contributed by atoms with Crippen LogP contribution in [0, 0.1) is 0 Å². The number of anilines is 2. The summed E-state index contributed by atoms with van der Waals surface area (Å²) in [6, 6.07) is 26.5. The molecule has 2 aliphatic rings. The van der Waals surface area contributed by atoms with Crippen LogP contribution < -0.4 is 9.80 Å². The molecular formula is C30H26N4. The molecule has 4 heteroatoms. The van der Waals surface area contributed by atoms with Crippen LogP contribution in [0.25, 0.3) is 44.1 Å². The van der Waals surface area contributed by atoms with E-state index in [4.69, 9.17) is 9.97 Å². The van der Waals surface area contributed by atoms with Crippen molar-refractivity contribution >= 4 is 33.2 Å². The van der Waals surface area contributed by atoms with Crippen LogP contribution in [0.2, 0.25) is 0 Å². The molecule has 0 bridgehead atoms. The quantitative estimate of drug-likeness (QED) is 0.296. The maximum Gasteiger partial charge on any atom is 0.0970 e. The monoisotopic (exact) mass is 442 g/mol. The van der Waals surface area contributed by atoms with Gasteiger partial charge in [0.25, 0.3) is 0 Å². The highest BCUT2D eigenvalue weighted by atomic mass is 15.2. The van der Waals surface area contributed by atoms with Gasteiger partial charge in [0.1, 0.15) is 0 Å². The molecule has 4 heterocycles. The third kappa shape index (κ3) is 3.13. The van der Waals surface area contributed by atoms with Crippen molar-refractivity contribution in [3.63, 3.8) is 0 Å². The van der Waals surface area contributed by atoms with E-state index in [0.717, 1.165) is 21.8 Å². The summed E-state index contributed by atoms with van der Waals surface area (Å²) in [5.41, 5.74) is 9.38. The second-order valence-electron chi connectivity index (χ2n) is 9.35. The van der Waals surface area contributed by atoms with Gasteiger partial charge in [-0.1, -0.05) is 36.4 Å². The normalized spacial score (nSPS) is 15.4. The molecule has 3 aromatic carbocycles. The average molecular weight is 443 g/mol. The van der Waals surface area contributed by atoms with Gasteiger partial charge >= 0.3 is 0 Å². The van der Waals surface area contributed by atoms with Gasteiger partial charge in [0.2, 0.25) is 0 Å². The average Bonchev–Trinajstić information content (AvgIpc) is 2.82. The fraction of sp³-hybridized carbons (Fsp3) is 0.200. The first kappa shape index (κ1) is 19.5. The van der Waals surface area contributed by atoms with Crippen LogP contribution in [-0.4, -0.2) is 36.1 Å². The van der Waals surface area contributed by atoms with Crippen LogP contribution in [0.3, 0.4) is 0 Å². The van der Waals surface area contributed by atoms with E-state index in [-0.39, 0.29) is 0 Å². The highest BCUT2D eigenvalue weighted by Crippen LogP contribution is 2.36. The molecule has 5 aromatic rings. The highest BCUT2D eigenvalue weighted by Gasteiger charge is 2.16. The molecule has 7 rings (SSSR count). The van der Waals surface area contributed by atoms with E-state index in [2.05, 4.69) is 82.6 Å². The Balaban J connectivity index is 1.31. The van der Waals surface area contributed by atoms with Gasteiger partial charge in [0, 0.05) is 60.7 Å². The minimum atomic E-state index is 0.959. The predicted octanol–water partition coefficient (Wildman–Crippen LogP) is 6.54. The summed E-state index contributed by atoms with van der Waals surface area (Å²) in [5, 5.41) is 2.29. The van der Waals surface area contributed by atoms with Crippen molar-refractivity contribution in [1.29, 1.82) is 0 Å². The molecule has 2 aromatic heterocycles. The number of hydrogen-bond donors (Lipinski definition) is 0. The molecule has 166 valence electrons. The smallest absolute Gasteiger partial charge is 0.0970 e. The van der Waals surface area contributed by atoms with E-state index < -0.39 is 0 Å². The fourth-order valence-electron chi connectivity index (χ4n) is 5.18. The third-order valence-electron chi connectivity index (χ3n) is 7.42. The van der Waals surface area contributed by atoms with Gasteiger partial charge in [-0.25, -0.2) is 0 Å². The second-order valence-corrected chi connectivity index (χ2v) is 9.35. The summed E-state index contributed by atoms with van der Waals surface area (Å²) in [6.07, 6.45) is 6.41. The van der Waals surface area contributed by atoms with Gasteiger partial charge in [-0.3, -0.25) is 9.97 Å². The molecule has 0 atom stereocenters. The Bertz CT molecular complexity index is 1380. The predicted molar refractivity (Wildman–Crippen MR) is 142 cm³/mol. The first-order valence-electron chi connectivity index (χ1n) is 12.2. The lowest BCUT2D eigenvalue weighted by molar-refractivity contribution is 0.618. The fourth-order valence-corrected chi connectivity index (χ4v) is 5.18. The van der Waals surface area contributed by atoms with Gasteiger partial charge in [-0.15, -0.1) is 0 Å². The summed E-state index contributed by atoms with van der Waals surface area (Å²) in [7, 11) is 0. The Labute approximate surface area is 199 Å². The molecule has 0 spiro atoms. The van der Waals surface area contributed by atoms with Crippen LogP contribution in [0.15, 0.2) is 85.2 Å². The first-order chi connectivity index (χ1) is 16.8. The molecule has 34 heavy (non-hydrogen) atoms. The molecule has 2 aliphatic heterocycles. The minimum Gasteiger partial charge on any atom is -0.371 e. The second kappa shape index (κ2) is 7.84. The number of benzene rings is 3. The summed E-state index contributed by atoms with van der Waals surface area (Å²) in [4.78, 5) is 14.4. The van der Waals surface area contributed by atoms with Crippen molar-refractivity contribution in [2.75, 3.05) is 36.0 Å². The molecular weight excluding hydrogens is 416 g/mol. The number of aromatic nitrogens is 2. The van der Waals surface area contributed by atoms with Crippen LogP contribution in [0.1, 0.15) is 12.8 Å². The largest absolute Gasteiger partial charge is 0.371 e. The van der Waals surface area contributed by atoms with Crippen molar-refractivity contribution in [1.82, 2.24) is 9.97 Å². The van der Waals surface area contributed by atoms with E-state index in [1.54, 1.807) is 0 Å². The molecule has 0 N–H and O–H groups in total. The Hall–Kier alpha value is -3.92. The lowest BCUT2D eigenvalue weighted by atomic mass is 9.96. The molecule has 2 fully saturated rings. The van der Waals surface area contributed by atoms with Gasteiger partial charge in [0.05, 0.1) is 11.0 Å². The third-order valence-corrected chi connectivity index (χ3v) is 7.42. The van der Waals surface area contributed by atoms with Crippen LogP contribution in [0.4, 0.5) is 11.4 Å². The molecule has 2 saturated heterocycles. The lowest BCUT2D eigenvalue weighted by Crippen LogP contribution is -2.36. The van der Waals surface area contributed by atoms with E-state index in [1.807, 2.05) is 12.4 Å². The summed E-state index contributed by atoms with van der Waals surface area (Å²) in [6.45, 7) is 4.66. The summed E-state index contributed by atoms with van der Waals surface area (Å²) >= 11 is 0. The topological polar surface area (TPSA) is 32.3 Å².